The molecule has 2 fully saturated rings. The Morgan fingerprint density at radius 2 is 2.14 bits per heavy atom. The molecule has 0 aromatic heterocycles. The Bertz CT molecular complexity index is 522. The number of carbonyl (C=O) groups excluding carboxylic acids is 1. The Hall–Kier alpha value is -1.42. The van der Waals surface area contributed by atoms with Crippen molar-refractivity contribution < 1.29 is 9.18 Å². The van der Waals surface area contributed by atoms with Crippen LogP contribution in [0.3, 0.4) is 0 Å². The Morgan fingerprint density at radius 1 is 1.33 bits per heavy atom. The van der Waals surface area contributed by atoms with Gasteiger partial charge in [-0.05, 0) is 62.9 Å². The van der Waals surface area contributed by atoms with E-state index in [1.54, 1.807) is 19.1 Å². The maximum Gasteiger partial charge on any atom is 0.254 e. The quantitative estimate of drug-likeness (QED) is 0.925. The molecule has 1 heterocycles. The van der Waals surface area contributed by atoms with Crippen LogP contribution in [0.15, 0.2) is 18.2 Å². The van der Waals surface area contributed by atoms with Gasteiger partial charge in [-0.3, -0.25) is 4.79 Å². The highest BCUT2D eigenvalue weighted by Crippen LogP contribution is 2.29. The number of rotatable bonds is 4. The first-order valence-electron chi connectivity index (χ1n) is 7.95. The number of nitrogens with one attached hydrogen (secondary N) is 1. The van der Waals surface area contributed by atoms with Crippen LogP contribution in [0.1, 0.15) is 48.0 Å². The van der Waals surface area contributed by atoms with E-state index < -0.39 is 0 Å². The summed E-state index contributed by atoms with van der Waals surface area (Å²) in [5.41, 5.74) is 1.14. The van der Waals surface area contributed by atoms with Gasteiger partial charge in [-0.1, -0.05) is 6.42 Å². The lowest BCUT2D eigenvalue weighted by molar-refractivity contribution is 0.0717. The van der Waals surface area contributed by atoms with E-state index >= 15 is 0 Å². The van der Waals surface area contributed by atoms with Crippen molar-refractivity contribution in [3.8, 4) is 0 Å². The standard InChI is InChI=1S/C17H23FN2O/c1-12-10-13(5-8-16(12)18)17(21)20(15-6-7-15)11-14-4-2-3-9-19-14/h5,8,10,14-15,19H,2-4,6-7,9,11H2,1H3. The summed E-state index contributed by atoms with van der Waals surface area (Å²) in [6.07, 6.45) is 5.79. The van der Waals surface area contributed by atoms with Crippen LogP contribution in [-0.4, -0.2) is 36.0 Å². The molecule has 1 saturated heterocycles. The molecule has 0 radical (unpaired) electrons. The van der Waals surface area contributed by atoms with Crippen LogP contribution >= 0.6 is 0 Å². The molecule has 1 saturated carbocycles. The number of carbonyl (C=O) groups is 1. The van der Waals surface area contributed by atoms with Crippen LogP contribution in [-0.2, 0) is 0 Å². The summed E-state index contributed by atoms with van der Waals surface area (Å²) in [6, 6.07) is 5.46. The smallest absolute Gasteiger partial charge is 0.254 e. The predicted molar refractivity (Wildman–Crippen MR) is 80.8 cm³/mol. The molecule has 0 spiro atoms. The van der Waals surface area contributed by atoms with Crippen LogP contribution in [0, 0.1) is 12.7 Å². The van der Waals surface area contributed by atoms with E-state index in [1.165, 1.54) is 18.9 Å². The summed E-state index contributed by atoms with van der Waals surface area (Å²) in [5, 5.41) is 3.51. The third-order valence-electron chi connectivity index (χ3n) is 4.48. The van der Waals surface area contributed by atoms with Gasteiger partial charge < -0.3 is 10.2 Å². The van der Waals surface area contributed by atoms with Gasteiger partial charge in [0.2, 0.25) is 0 Å². The fourth-order valence-corrected chi connectivity index (χ4v) is 3.04. The maximum atomic E-state index is 13.4. The summed E-state index contributed by atoms with van der Waals surface area (Å²) in [5.74, 6) is -0.202. The lowest BCUT2D eigenvalue weighted by Crippen LogP contribution is -2.46. The van der Waals surface area contributed by atoms with E-state index in [0.717, 1.165) is 32.4 Å². The molecule has 1 N–H and O–H groups in total. The molecule has 0 bridgehead atoms. The van der Waals surface area contributed by atoms with Gasteiger partial charge in [0.1, 0.15) is 5.82 Å². The van der Waals surface area contributed by atoms with Crippen molar-refractivity contribution in [3.05, 3.63) is 35.1 Å². The van der Waals surface area contributed by atoms with Crippen LogP contribution < -0.4 is 5.32 Å². The highest BCUT2D eigenvalue weighted by molar-refractivity contribution is 5.94. The van der Waals surface area contributed by atoms with E-state index in [0.29, 0.717) is 23.2 Å². The Labute approximate surface area is 125 Å². The number of amides is 1. The third kappa shape index (κ3) is 3.43. The number of aryl methyl sites for hydroxylation is 1. The molecular weight excluding hydrogens is 267 g/mol. The Kier molecular flexibility index (Phi) is 4.24. The highest BCUT2D eigenvalue weighted by Gasteiger charge is 2.34. The molecule has 21 heavy (non-hydrogen) atoms. The maximum absolute atomic E-state index is 13.4. The predicted octanol–water partition coefficient (Wildman–Crippen LogP) is 2.88. The Balaban J connectivity index is 1.73. The molecule has 3 nitrogen and oxygen atoms in total. The van der Waals surface area contributed by atoms with E-state index in [2.05, 4.69) is 5.32 Å². The molecule has 4 heteroatoms. The van der Waals surface area contributed by atoms with Crippen molar-refractivity contribution in [2.45, 2.75) is 51.1 Å². The zero-order chi connectivity index (χ0) is 14.8. The number of halogens is 1. The largest absolute Gasteiger partial charge is 0.334 e. The van der Waals surface area contributed by atoms with E-state index in [1.807, 2.05) is 4.90 Å². The molecule has 3 rings (SSSR count). The molecule has 1 aromatic carbocycles. The monoisotopic (exact) mass is 290 g/mol. The molecule has 1 aliphatic carbocycles. The lowest BCUT2D eigenvalue weighted by Gasteiger charge is -2.31. The van der Waals surface area contributed by atoms with Crippen LogP contribution in [0.4, 0.5) is 4.39 Å². The van der Waals surface area contributed by atoms with Crippen molar-refractivity contribution in [1.82, 2.24) is 10.2 Å². The summed E-state index contributed by atoms with van der Waals surface area (Å²) in [4.78, 5) is 14.7. The van der Waals surface area contributed by atoms with Gasteiger partial charge in [-0.2, -0.15) is 0 Å². The second-order valence-corrected chi connectivity index (χ2v) is 6.30. The lowest BCUT2D eigenvalue weighted by atomic mass is 10.0. The SMILES string of the molecule is Cc1cc(C(=O)N(CC2CCCCN2)C2CC2)ccc1F. The minimum Gasteiger partial charge on any atom is -0.334 e. The minimum atomic E-state index is -0.251. The first-order valence-corrected chi connectivity index (χ1v) is 7.95. The van der Waals surface area contributed by atoms with Crippen molar-refractivity contribution in [3.63, 3.8) is 0 Å². The zero-order valence-electron chi connectivity index (χ0n) is 12.6. The van der Waals surface area contributed by atoms with Gasteiger partial charge in [-0.15, -0.1) is 0 Å². The summed E-state index contributed by atoms with van der Waals surface area (Å²) < 4.78 is 13.4. The first-order chi connectivity index (χ1) is 10.1. The topological polar surface area (TPSA) is 32.3 Å². The van der Waals surface area contributed by atoms with Gasteiger partial charge in [0, 0.05) is 24.2 Å². The van der Waals surface area contributed by atoms with Crippen LogP contribution in [0.5, 0.6) is 0 Å². The van der Waals surface area contributed by atoms with Gasteiger partial charge in [0.25, 0.3) is 5.91 Å². The first kappa shape index (κ1) is 14.5. The van der Waals surface area contributed by atoms with Crippen molar-refractivity contribution in [2.75, 3.05) is 13.1 Å². The normalized spacial score (nSPS) is 22.1. The average Bonchev–Trinajstić information content (AvgIpc) is 3.33. The summed E-state index contributed by atoms with van der Waals surface area (Å²) >= 11 is 0. The van der Waals surface area contributed by atoms with Crippen molar-refractivity contribution in [1.29, 1.82) is 0 Å². The number of nitrogens with zero attached hydrogens (tertiary/aromatic N) is 1. The fourth-order valence-electron chi connectivity index (χ4n) is 3.04. The fraction of sp³-hybridized carbons (Fsp3) is 0.588. The molecule has 1 unspecified atom stereocenters. The molecule has 1 aliphatic heterocycles. The van der Waals surface area contributed by atoms with Crippen LogP contribution in [0.2, 0.25) is 0 Å². The van der Waals surface area contributed by atoms with Gasteiger partial charge >= 0.3 is 0 Å². The van der Waals surface area contributed by atoms with E-state index in [9.17, 15) is 9.18 Å². The van der Waals surface area contributed by atoms with Crippen molar-refractivity contribution >= 4 is 5.91 Å². The van der Waals surface area contributed by atoms with Gasteiger partial charge in [0.15, 0.2) is 0 Å². The third-order valence-corrected chi connectivity index (χ3v) is 4.48. The zero-order valence-corrected chi connectivity index (χ0v) is 12.6. The van der Waals surface area contributed by atoms with Gasteiger partial charge in [0.05, 0.1) is 0 Å². The number of benzene rings is 1. The molecular formula is C17H23FN2O. The molecule has 1 aromatic rings. The highest BCUT2D eigenvalue weighted by atomic mass is 19.1. The number of piperidine rings is 1. The van der Waals surface area contributed by atoms with Gasteiger partial charge in [-0.25, -0.2) is 4.39 Å². The van der Waals surface area contributed by atoms with E-state index in [4.69, 9.17) is 0 Å². The number of hydrogen-bond donors (Lipinski definition) is 1. The minimum absolute atomic E-state index is 0.0490. The molecule has 1 atom stereocenters. The molecule has 1 amide bonds. The average molecular weight is 290 g/mol. The van der Waals surface area contributed by atoms with Crippen LogP contribution in [0.25, 0.3) is 0 Å². The second kappa shape index (κ2) is 6.14. The van der Waals surface area contributed by atoms with Crippen molar-refractivity contribution in [2.24, 2.45) is 0 Å². The summed E-state index contributed by atoms with van der Waals surface area (Å²) in [7, 11) is 0. The number of hydrogen-bond acceptors (Lipinski definition) is 2. The second-order valence-electron chi connectivity index (χ2n) is 6.30. The summed E-state index contributed by atoms with van der Waals surface area (Å²) in [6.45, 7) is 3.53. The van der Waals surface area contributed by atoms with E-state index in [-0.39, 0.29) is 11.7 Å². The Morgan fingerprint density at radius 3 is 2.76 bits per heavy atom. The molecule has 2 aliphatic rings. The molecule has 114 valence electrons.